The molecule has 4 nitrogen and oxygen atoms in total. The van der Waals surface area contributed by atoms with Gasteiger partial charge in [0.05, 0.1) is 12.6 Å². The molecule has 17 heavy (non-hydrogen) atoms. The molecule has 1 atom stereocenters. The Morgan fingerprint density at radius 1 is 1.41 bits per heavy atom. The van der Waals surface area contributed by atoms with Gasteiger partial charge in [-0.25, -0.2) is 0 Å². The predicted octanol–water partition coefficient (Wildman–Crippen LogP) is 2.14. The van der Waals surface area contributed by atoms with E-state index in [2.05, 4.69) is 5.32 Å². The van der Waals surface area contributed by atoms with Crippen molar-refractivity contribution in [1.82, 2.24) is 5.32 Å². The number of ether oxygens (including phenoxy) is 2. The minimum Gasteiger partial charge on any atom is -0.359 e. The monoisotopic (exact) mass is 257 g/mol. The number of carbonyl (C=O) groups is 1. The minimum absolute atomic E-state index is 0.106. The van der Waals surface area contributed by atoms with Crippen molar-refractivity contribution in [2.75, 3.05) is 20.5 Å². The largest absolute Gasteiger partial charge is 0.359 e. The van der Waals surface area contributed by atoms with Crippen LogP contribution in [0, 0.1) is 0 Å². The Morgan fingerprint density at radius 2 is 2.06 bits per heavy atom. The second kappa shape index (κ2) is 7.27. The summed E-state index contributed by atoms with van der Waals surface area (Å²) in [5, 5.41) is 3.47. The van der Waals surface area contributed by atoms with Gasteiger partial charge in [0.25, 0.3) is 0 Å². The van der Waals surface area contributed by atoms with Gasteiger partial charge >= 0.3 is 0 Å². The summed E-state index contributed by atoms with van der Waals surface area (Å²) in [4.78, 5) is 11.1. The van der Waals surface area contributed by atoms with Gasteiger partial charge in [0, 0.05) is 19.1 Å². The average molecular weight is 258 g/mol. The molecule has 1 aromatic carbocycles. The van der Waals surface area contributed by atoms with E-state index in [4.69, 9.17) is 21.1 Å². The van der Waals surface area contributed by atoms with Gasteiger partial charge in [-0.15, -0.1) is 0 Å². The summed E-state index contributed by atoms with van der Waals surface area (Å²) < 4.78 is 10.1. The molecular formula is C12H16ClNO3. The van der Waals surface area contributed by atoms with Crippen molar-refractivity contribution in [1.29, 1.82) is 0 Å². The molecule has 1 aromatic rings. The Hall–Kier alpha value is -1.10. The fourth-order valence-corrected chi connectivity index (χ4v) is 1.54. The second-order valence-corrected chi connectivity index (χ2v) is 4.02. The first-order valence-electron chi connectivity index (χ1n) is 5.22. The highest BCUT2D eigenvalue weighted by Gasteiger charge is 2.12. The number of benzene rings is 1. The van der Waals surface area contributed by atoms with Gasteiger partial charge in [0.1, 0.15) is 6.79 Å². The number of halogens is 1. The number of nitrogens with one attached hydrogen (secondary N) is 1. The number of carbonyl (C=O) groups excluding carboxylic acids is 1. The van der Waals surface area contributed by atoms with Crippen LogP contribution in [-0.4, -0.2) is 26.4 Å². The summed E-state index contributed by atoms with van der Waals surface area (Å²) in [6.45, 7) is 2.03. The van der Waals surface area contributed by atoms with Crippen molar-refractivity contribution < 1.29 is 14.3 Å². The molecular weight excluding hydrogens is 242 g/mol. The van der Waals surface area contributed by atoms with Crippen molar-refractivity contribution in [3.8, 4) is 0 Å². The zero-order chi connectivity index (χ0) is 12.7. The maximum Gasteiger partial charge on any atom is 0.217 e. The topological polar surface area (TPSA) is 47.6 Å². The summed E-state index contributed by atoms with van der Waals surface area (Å²) in [6, 6.07) is 7.09. The van der Waals surface area contributed by atoms with Gasteiger partial charge < -0.3 is 14.8 Å². The van der Waals surface area contributed by atoms with E-state index in [0.717, 1.165) is 5.56 Å². The summed E-state index contributed by atoms with van der Waals surface area (Å²) in [5.74, 6) is -0.106. The van der Waals surface area contributed by atoms with Crippen LogP contribution in [-0.2, 0) is 14.3 Å². The van der Waals surface area contributed by atoms with Crippen LogP contribution in [0.2, 0.25) is 5.02 Å². The highest BCUT2D eigenvalue weighted by Crippen LogP contribution is 2.17. The van der Waals surface area contributed by atoms with Crippen molar-refractivity contribution in [2.45, 2.75) is 13.0 Å². The molecule has 1 amide bonds. The Labute approximate surface area is 106 Å². The molecule has 0 aliphatic carbocycles. The Morgan fingerprint density at radius 3 is 2.59 bits per heavy atom. The first kappa shape index (κ1) is 14.0. The van der Waals surface area contributed by atoms with Crippen LogP contribution in [0.4, 0.5) is 0 Å². The van der Waals surface area contributed by atoms with E-state index in [1.807, 2.05) is 12.1 Å². The Bertz CT molecular complexity index is 353. The minimum atomic E-state index is -0.195. The second-order valence-electron chi connectivity index (χ2n) is 3.58. The van der Waals surface area contributed by atoms with E-state index < -0.39 is 0 Å². The van der Waals surface area contributed by atoms with Gasteiger partial charge in [-0.3, -0.25) is 4.79 Å². The molecule has 0 fully saturated rings. The highest BCUT2D eigenvalue weighted by atomic mass is 35.5. The molecule has 0 aliphatic heterocycles. The first-order chi connectivity index (χ1) is 8.13. The molecule has 5 heteroatoms. The normalized spacial score (nSPS) is 12.2. The van der Waals surface area contributed by atoms with Crippen molar-refractivity contribution >= 4 is 17.5 Å². The number of amides is 1. The van der Waals surface area contributed by atoms with Crippen molar-refractivity contribution in [3.63, 3.8) is 0 Å². The lowest BCUT2D eigenvalue weighted by Gasteiger charge is -2.18. The maximum atomic E-state index is 11.1. The van der Waals surface area contributed by atoms with E-state index in [0.29, 0.717) is 11.6 Å². The van der Waals surface area contributed by atoms with E-state index in [1.54, 1.807) is 19.2 Å². The zero-order valence-electron chi connectivity index (χ0n) is 9.90. The molecule has 0 saturated carbocycles. The zero-order valence-corrected chi connectivity index (χ0v) is 10.7. The molecule has 1 N–H and O–H groups in total. The van der Waals surface area contributed by atoms with Gasteiger partial charge in [0.15, 0.2) is 0 Å². The molecule has 0 bridgehead atoms. The van der Waals surface area contributed by atoms with Crippen LogP contribution in [0.15, 0.2) is 24.3 Å². The molecule has 0 radical (unpaired) electrons. The van der Waals surface area contributed by atoms with Gasteiger partial charge in [-0.1, -0.05) is 23.7 Å². The molecule has 0 spiro atoms. The predicted molar refractivity (Wildman–Crippen MR) is 65.8 cm³/mol. The van der Waals surface area contributed by atoms with Crippen LogP contribution < -0.4 is 5.32 Å². The third-order valence-electron chi connectivity index (χ3n) is 2.14. The molecule has 0 saturated heterocycles. The fraction of sp³-hybridized carbons (Fsp3) is 0.417. The van der Waals surface area contributed by atoms with E-state index in [9.17, 15) is 4.79 Å². The first-order valence-corrected chi connectivity index (χ1v) is 5.60. The van der Waals surface area contributed by atoms with Crippen LogP contribution in [0.3, 0.4) is 0 Å². The van der Waals surface area contributed by atoms with Crippen molar-refractivity contribution in [3.05, 3.63) is 34.9 Å². The Kier molecular flexibility index (Phi) is 5.97. The molecule has 0 heterocycles. The third-order valence-corrected chi connectivity index (χ3v) is 2.39. The summed E-state index contributed by atoms with van der Waals surface area (Å²) in [7, 11) is 1.55. The summed E-state index contributed by atoms with van der Waals surface area (Å²) in [6.07, 6.45) is 0. The lowest BCUT2D eigenvalue weighted by atomic mass is 10.1. The molecule has 0 aromatic heterocycles. The standard InChI is InChI=1S/C12H16ClNO3/c1-9(15)14-12(7-17-8-16-2)10-3-5-11(13)6-4-10/h3-6,12H,7-8H2,1-2H3,(H,14,15). The molecule has 0 aliphatic rings. The lowest BCUT2D eigenvalue weighted by molar-refractivity contribution is -0.120. The number of rotatable bonds is 6. The van der Waals surface area contributed by atoms with Crippen LogP contribution in [0.1, 0.15) is 18.5 Å². The smallest absolute Gasteiger partial charge is 0.217 e. The number of methoxy groups -OCH3 is 1. The van der Waals surface area contributed by atoms with Crippen LogP contribution in [0.5, 0.6) is 0 Å². The Balaban J connectivity index is 2.67. The van der Waals surface area contributed by atoms with Gasteiger partial charge in [0.2, 0.25) is 5.91 Å². The van der Waals surface area contributed by atoms with Crippen molar-refractivity contribution in [2.24, 2.45) is 0 Å². The molecule has 1 unspecified atom stereocenters. The third kappa shape index (κ3) is 5.17. The van der Waals surface area contributed by atoms with Crippen LogP contribution in [0.25, 0.3) is 0 Å². The number of hydrogen-bond donors (Lipinski definition) is 1. The lowest BCUT2D eigenvalue weighted by Crippen LogP contribution is -2.29. The van der Waals surface area contributed by atoms with Crippen LogP contribution >= 0.6 is 11.6 Å². The SMILES string of the molecule is COCOCC(NC(C)=O)c1ccc(Cl)cc1. The van der Waals surface area contributed by atoms with E-state index in [-0.39, 0.29) is 18.7 Å². The number of hydrogen-bond acceptors (Lipinski definition) is 3. The summed E-state index contributed by atoms with van der Waals surface area (Å²) in [5.41, 5.74) is 0.945. The highest BCUT2D eigenvalue weighted by molar-refractivity contribution is 6.30. The summed E-state index contributed by atoms with van der Waals surface area (Å²) >= 11 is 5.81. The van der Waals surface area contributed by atoms with Gasteiger partial charge in [-0.2, -0.15) is 0 Å². The molecule has 94 valence electrons. The maximum absolute atomic E-state index is 11.1. The van der Waals surface area contributed by atoms with E-state index >= 15 is 0 Å². The average Bonchev–Trinajstić information content (AvgIpc) is 2.28. The van der Waals surface area contributed by atoms with Gasteiger partial charge in [-0.05, 0) is 17.7 Å². The van der Waals surface area contributed by atoms with E-state index in [1.165, 1.54) is 6.92 Å². The fourth-order valence-electron chi connectivity index (χ4n) is 1.41. The quantitative estimate of drug-likeness (QED) is 0.627. The molecule has 1 rings (SSSR count).